The van der Waals surface area contributed by atoms with Gasteiger partial charge in [0.2, 0.25) is 0 Å². The van der Waals surface area contributed by atoms with Gasteiger partial charge in [0, 0.05) is 0 Å². The van der Waals surface area contributed by atoms with Crippen molar-refractivity contribution in [2.24, 2.45) is 0 Å². The smallest absolute Gasteiger partial charge is 0.434 e. The van der Waals surface area contributed by atoms with Gasteiger partial charge in [-0.05, 0) is 30.7 Å². The van der Waals surface area contributed by atoms with Gasteiger partial charge in [0.15, 0.2) is 0 Å². The van der Waals surface area contributed by atoms with Crippen LogP contribution in [0.15, 0.2) is 29.2 Å². The van der Waals surface area contributed by atoms with Crippen LogP contribution in [0.2, 0.25) is 0 Å². The second-order valence-electron chi connectivity index (χ2n) is 4.91. The Labute approximate surface area is 159 Å². The van der Waals surface area contributed by atoms with Crippen molar-refractivity contribution < 1.29 is 56.8 Å². The standard InChI is InChI=1S/C15H22O6S.Na/c1-2-3-4-5-6-7-12-20-15(16)21-13-8-10-14(11-9-13)22(17,18)19;/h8-11H,2-7,12H2,1H3,(H,17,18,19);/q;+1. The van der Waals surface area contributed by atoms with E-state index in [2.05, 4.69) is 6.92 Å². The first-order chi connectivity index (χ1) is 10.4. The summed E-state index contributed by atoms with van der Waals surface area (Å²) in [5.74, 6) is 0.153. The molecule has 0 aliphatic rings. The Morgan fingerprint density at radius 1 is 1.04 bits per heavy atom. The van der Waals surface area contributed by atoms with Crippen LogP contribution in [0.1, 0.15) is 45.4 Å². The molecule has 0 saturated heterocycles. The second-order valence-corrected chi connectivity index (χ2v) is 6.34. The van der Waals surface area contributed by atoms with Crippen molar-refractivity contribution in [3.05, 3.63) is 24.3 Å². The van der Waals surface area contributed by atoms with Crippen LogP contribution >= 0.6 is 0 Å². The van der Waals surface area contributed by atoms with E-state index >= 15 is 0 Å². The number of rotatable bonds is 9. The quantitative estimate of drug-likeness (QED) is 0.232. The summed E-state index contributed by atoms with van der Waals surface area (Å²) in [6.07, 6.45) is 5.72. The molecule has 0 atom stereocenters. The zero-order chi connectivity index (χ0) is 16.4. The first-order valence-electron chi connectivity index (χ1n) is 7.35. The summed E-state index contributed by atoms with van der Waals surface area (Å²) < 4.78 is 40.3. The Hall–Kier alpha value is -0.600. The van der Waals surface area contributed by atoms with E-state index in [9.17, 15) is 13.2 Å². The number of carbonyl (C=O) groups excluding carboxylic acids is 1. The minimum absolute atomic E-state index is 0. The minimum Gasteiger partial charge on any atom is -0.434 e. The molecule has 0 heterocycles. The van der Waals surface area contributed by atoms with Crippen molar-refractivity contribution in [2.75, 3.05) is 6.61 Å². The molecule has 0 fully saturated rings. The van der Waals surface area contributed by atoms with E-state index < -0.39 is 16.3 Å². The maximum absolute atomic E-state index is 11.4. The summed E-state index contributed by atoms with van der Waals surface area (Å²) in [6.45, 7) is 2.45. The van der Waals surface area contributed by atoms with Crippen LogP contribution in [0.4, 0.5) is 4.79 Å². The molecule has 0 aliphatic carbocycles. The first kappa shape index (κ1) is 22.4. The van der Waals surface area contributed by atoms with Gasteiger partial charge >= 0.3 is 35.7 Å². The van der Waals surface area contributed by atoms with E-state index in [0.717, 1.165) is 31.4 Å². The molecule has 0 amide bonds. The number of hydrogen-bond donors (Lipinski definition) is 1. The Morgan fingerprint density at radius 3 is 2.17 bits per heavy atom. The SMILES string of the molecule is CCCCCCCCOC(=O)Oc1ccc(S(=O)(=O)O)cc1.[Na+]. The van der Waals surface area contributed by atoms with E-state index in [0.29, 0.717) is 6.61 Å². The van der Waals surface area contributed by atoms with Gasteiger partial charge in [-0.2, -0.15) is 8.42 Å². The molecule has 0 unspecified atom stereocenters. The Morgan fingerprint density at radius 2 is 1.61 bits per heavy atom. The molecule has 1 N–H and O–H groups in total. The Balaban J connectivity index is 0.00000484. The van der Waals surface area contributed by atoms with Crippen molar-refractivity contribution in [3.63, 3.8) is 0 Å². The second kappa shape index (κ2) is 11.9. The van der Waals surface area contributed by atoms with Gasteiger partial charge in [0.1, 0.15) is 5.75 Å². The van der Waals surface area contributed by atoms with Gasteiger partial charge in [-0.1, -0.05) is 39.0 Å². The third-order valence-electron chi connectivity index (χ3n) is 3.04. The number of carbonyl (C=O) groups is 1. The van der Waals surface area contributed by atoms with Crippen molar-refractivity contribution in [2.45, 2.75) is 50.3 Å². The molecule has 124 valence electrons. The van der Waals surface area contributed by atoms with Crippen LogP contribution in [0.3, 0.4) is 0 Å². The minimum atomic E-state index is -4.25. The van der Waals surface area contributed by atoms with E-state index in [1.54, 1.807) is 0 Å². The maximum Gasteiger partial charge on any atom is 1.00 e. The number of hydrogen-bond acceptors (Lipinski definition) is 5. The van der Waals surface area contributed by atoms with E-state index in [1.165, 1.54) is 31.4 Å². The predicted octanol–water partition coefficient (Wildman–Crippen LogP) is 0.813. The summed E-state index contributed by atoms with van der Waals surface area (Å²) >= 11 is 0. The van der Waals surface area contributed by atoms with Gasteiger partial charge in [-0.3, -0.25) is 4.55 Å². The summed E-state index contributed by atoms with van der Waals surface area (Å²) in [5.41, 5.74) is 0. The Kier molecular flexibility index (Phi) is 11.6. The van der Waals surface area contributed by atoms with Crippen LogP contribution in [-0.2, 0) is 14.9 Å². The van der Waals surface area contributed by atoms with Crippen LogP contribution in [0, 0.1) is 0 Å². The van der Waals surface area contributed by atoms with Gasteiger partial charge < -0.3 is 9.47 Å². The molecule has 8 heteroatoms. The summed E-state index contributed by atoms with van der Waals surface area (Å²) in [5, 5.41) is 0. The third-order valence-corrected chi connectivity index (χ3v) is 3.91. The van der Waals surface area contributed by atoms with Crippen molar-refractivity contribution >= 4 is 16.3 Å². The molecule has 1 aromatic rings. The van der Waals surface area contributed by atoms with Crippen LogP contribution < -0.4 is 34.3 Å². The molecule has 23 heavy (non-hydrogen) atoms. The average Bonchev–Trinajstić information content (AvgIpc) is 2.46. The largest absolute Gasteiger partial charge is 1.00 e. The Bertz CT molecular complexity index is 556. The molecule has 0 aliphatic heterocycles. The fourth-order valence-electron chi connectivity index (χ4n) is 1.84. The topological polar surface area (TPSA) is 89.9 Å². The molecule has 0 aromatic heterocycles. The summed E-state index contributed by atoms with van der Waals surface area (Å²) in [6, 6.07) is 4.83. The molecule has 0 bridgehead atoms. The van der Waals surface area contributed by atoms with Crippen LogP contribution in [-0.4, -0.2) is 25.7 Å². The van der Waals surface area contributed by atoms with Crippen molar-refractivity contribution in [1.82, 2.24) is 0 Å². The normalized spacial score (nSPS) is 10.7. The van der Waals surface area contributed by atoms with E-state index in [-0.39, 0.29) is 40.2 Å². The average molecular weight is 353 g/mol. The maximum atomic E-state index is 11.4. The van der Waals surface area contributed by atoms with E-state index in [4.69, 9.17) is 14.0 Å². The van der Waals surface area contributed by atoms with Gasteiger partial charge in [-0.25, -0.2) is 4.79 Å². The zero-order valence-corrected chi connectivity index (χ0v) is 16.5. The molecular weight excluding hydrogens is 331 g/mol. The monoisotopic (exact) mass is 353 g/mol. The van der Waals surface area contributed by atoms with Crippen LogP contribution in [0.5, 0.6) is 5.75 Å². The summed E-state index contributed by atoms with van der Waals surface area (Å²) in [7, 11) is -4.25. The van der Waals surface area contributed by atoms with Gasteiger partial charge in [0.25, 0.3) is 10.1 Å². The molecular formula is C15H22NaO6S+. The molecule has 0 saturated carbocycles. The zero-order valence-electron chi connectivity index (χ0n) is 13.7. The van der Waals surface area contributed by atoms with Gasteiger partial charge in [-0.15, -0.1) is 0 Å². The fourth-order valence-corrected chi connectivity index (χ4v) is 2.32. The van der Waals surface area contributed by atoms with E-state index in [1.807, 2.05) is 0 Å². The predicted molar refractivity (Wildman–Crippen MR) is 81.6 cm³/mol. The van der Waals surface area contributed by atoms with Crippen molar-refractivity contribution in [1.29, 1.82) is 0 Å². The molecule has 0 radical (unpaired) electrons. The molecule has 1 rings (SSSR count). The molecule has 0 spiro atoms. The molecule has 1 aromatic carbocycles. The van der Waals surface area contributed by atoms with Crippen LogP contribution in [0.25, 0.3) is 0 Å². The number of unbranched alkanes of at least 4 members (excludes halogenated alkanes) is 5. The van der Waals surface area contributed by atoms with Crippen molar-refractivity contribution in [3.8, 4) is 5.75 Å². The number of ether oxygens (including phenoxy) is 2. The fraction of sp³-hybridized carbons (Fsp3) is 0.533. The first-order valence-corrected chi connectivity index (χ1v) is 8.79. The molecule has 6 nitrogen and oxygen atoms in total. The number of benzene rings is 1. The third kappa shape index (κ3) is 9.99. The van der Waals surface area contributed by atoms with Gasteiger partial charge in [0.05, 0.1) is 11.5 Å². The summed E-state index contributed by atoms with van der Waals surface area (Å²) in [4.78, 5) is 11.2.